The zero-order chi connectivity index (χ0) is 15.1. The van der Waals surface area contributed by atoms with Gasteiger partial charge < -0.3 is 15.8 Å². The Kier molecular flexibility index (Phi) is 6.80. The van der Waals surface area contributed by atoms with Crippen molar-refractivity contribution in [1.82, 2.24) is 20.1 Å². The quantitative estimate of drug-likeness (QED) is 0.551. The Labute approximate surface area is 123 Å². The van der Waals surface area contributed by atoms with Crippen molar-refractivity contribution in [3.05, 3.63) is 0 Å². The maximum absolute atomic E-state index is 11.9. The van der Waals surface area contributed by atoms with Crippen LogP contribution in [0.25, 0.3) is 0 Å². The average molecular weight is 301 g/mol. The minimum atomic E-state index is -0.251. The molecule has 0 aliphatic heterocycles. The Balaban J connectivity index is 2.53. The van der Waals surface area contributed by atoms with Crippen LogP contribution in [0.15, 0.2) is 5.16 Å². The molecule has 114 valence electrons. The van der Waals surface area contributed by atoms with E-state index >= 15 is 0 Å². The summed E-state index contributed by atoms with van der Waals surface area (Å²) in [6.45, 7) is 7.08. The molecule has 0 spiro atoms. The third-order valence-electron chi connectivity index (χ3n) is 2.68. The number of nitrogens with one attached hydrogen (secondary N) is 1. The zero-order valence-corrected chi connectivity index (χ0v) is 13.2. The first-order valence-electron chi connectivity index (χ1n) is 6.61. The predicted molar refractivity (Wildman–Crippen MR) is 79.6 cm³/mol. The highest BCUT2D eigenvalue weighted by molar-refractivity contribution is 8.00. The van der Waals surface area contributed by atoms with Gasteiger partial charge in [0.2, 0.25) is 11.9 Å². The van der Waals surface area contributed by atoms with Gasteiger partial charge in [0.25, 0.3) is 0 Å². The Morgan fingerprint density at radius 2 is 2.15 bits per heavy atom. The molecule has 0 bridgehead atoms. The molecule has 20 heavy (non-hydrogen) atoms. The molecule has 0 fully saturated rings. The van der Waals surface area contributed by atoms with Crippen molar-refractivity contribution in [2.45, 2.75) is 43.6 Å². The van der Waals surface area contributed by atoms with Crippen molar-refractivity contribution in [3.8, 4) is 0 Å². The Morgan fingerprint density at radius 3 is 2.75 bits per heavy atom. The standard InChI is InChI=1S/C12H23N5O2S/c1-8(2)17-11(13)15-16-12(17)20-9(3)10(18)14-6-5-7-19-4/h8-9H,5-7H2,1-4H3,(H2,13,15)(H,14,18). The van der Waals surface area contributed by atoms with Crippen molar-refractivity contribution in [2.24, 2.45) is 0 Å². The molecular weight excluding hydrogens is 278 g/mol. The molecule has 8 heteroatoms. The average Bonchev–Trinajstić information content (AvgIpc) is 2.75. The molecule has 0 saturated carbocycles. The molecule has 3 N–H and O–H groups in total. The fourth-order valence-corrected chi connectivity index (χ4v) is 2.65. The van der Waals surface area contributed by atoms with Crippen molar-refractivity contribution in [1.29, 1.82) is 0 Å². The number of amides is 1. The lowest BCUT2D eigenvalue weighted by molar-refractivity contribution is -0.120. The SMILES string of the molecule is COCCCNC(=O)C(C)Sc1nnc(N)n1C(C)C. The molecule has 1 rings (SSSR count). The fraction of sp³-hybridized carbons (Fsp3) is 0.750. The van der Waals surface area contributed by atoms with Crippen LogP contribution < -0.4 is 11.1 Å². The summed E-state index contributed by atoms with van der Waals surface area (Å²) in [6, 6.07) is 0.157. The Morgan fingerprint density at radius 1 is 1.45 bits per heavy atom. The van der Waals surface area contributed by atoms with Crippen LogP contribution in [0.5, 0.6) is 0 Å². The van der Waals surface area contributed by atoms with Crippen LogP contribution in [0.3, 0.4) is 0 Å². The van der Waals surface area contributed by atoms with Crippen LogP contribution in [0.4, 0.5) is 5.95 Å². The maximum Gasteiger partial charge on any atom is 0.233 e. The van der Waals surface area contributed by atoms with E-state index < -0.39 is 0 Å². The molecular formula is C12H23N5O2S. The summed E-state index contributed by atoms with van der Waals surface area (Å²) in [7, 11) is 1.64. The first-order chi connectivity index (χ1) is 9.47. The van der Waals surface area contributed by atoms with Crippen molar-refractivity contribution in [3.63, 3.8) is 0 Å². The molecule has 1 amide bonds. The van der Waals surface area contributed by atoms with E-state index in [1.54, 1.807) is 7.11 Å². The minimum Gasteiger partial charge on any atom is -0.385 e. The lowest BCUT2D eigenvalue weighted by Crippen LogP contribution is -2.32. The monoisotopic (exact) mass is 301 g/mol. The highest BCUT2D eigenvalue weighted by Crippen LogP contribution is 2.26. The summed E-state index contributed by atoms with van der Waals surface area (Å²) in [5.41, 5.74) is 5.77. The van der Waals surface area contributed by atoms with Gasteiger partial charge in [0.1, 0.15) is 0 Å². The number of hydrogen-bond donors (Lipinski definition) is 2. The molecule has 0 radical (unpaired) electrons. The zero-order valence-electron chi connectivity index (χ0n) is 12.4. The molecule has 0 aliphatic carbocycles. The second-order valence-corrected chi connectivity index (χ2v) is 6.01. The van der Waals surface area contributed by atoms with Crippen LogP contribution in [0.2, 0.25) is 0 Å². The normalized spacial score (nSPS) is 12.7. The molecule has 1 atom stereocenters. The van der Waals surface area contributed by atoms with Crippen LogP contribution >= 0.6 is 11.8 Å². The largest absolute Gasteiger partial charge is 0.385 e. The van der Waals surface area contributed by atoms with Gasteiger partial charge in [0, 0.05) is 26.3 Å². The Hall–Kier alpha value is -1.28. The van der Waals surface area contributed by atoms with E-state index in [1.807, 2.05) is 25.3 Å². The van der Waals surface area contributed by atoms with Crippen LogP contribution in [0, 0.1) is 0 Å². The van der Waals surface area contributed by atoms with E-state index in [0.717, 1.165) is 6.42 Å². The summed E-state index contributed by atoms with van der Waals surface area (Å²) in [6.07, 6.45) is 0.800. The van der Waals surface area contributed by atoms with Gasteiger partial charge >= 0.3 is 0 Å². The summed E-state index contributed by atoms with van der Waals surface area (Å²) < 4.78 is 6.75. The van der Waals surface area contributed by atoms with Crippen LogP contribution in [-0.4, -0.2) is 46.2 Å². The molecule has 0 saturated heterocycles. The van der Waals surface area contributed by atoms with E-state index in [4.69, 9.17) is 10.5 Å². The van der Waals surface area contributed by atoms with Gasteiger partial charge in [-0.15, -0.1) is 10.2 Å². The Bertz CT molecular complexity index is 435. The van der Waals surface area contributed by atoms with Crippen molar-refractivity contribution < 1.29 is 9.53 Å². The molecule has 7 nitrogen and oxygen atoms in total. The second kappa shape index (κ2) is 8.11. The van der Waals surface area contributed by atoms with E-state index in [-0.39, 0.29) is 17.2 Å². The van der Waals surface area contributed by atoms with Crippen LogP contribution in [0.1, 0.15) is 33.2 Å². The molecule has 1 unspecified atom stereocenters. The van der Waals surface area contributed by atoms with Gasteiger partial charge in [-0.1, -0.05) is 11.8 Å². The fourth-order valence-electron chi connectivity index (χ4n) is 1.64. The summed E-state index contributed by atoms with van der Waals surface area (Å²) in [5.74, 6) is 0.346. The third kappa shape index (κ3) is 4.68. The second-order valence-electron chi connectivity index (χ2n) is 4.70. The number of methoxy groups -OCH3 is 1. The first-order valence-corrected chi connectivity index (χ1v) is 7.49. The van der Waals surface area contributed by atoms with E-state index in [1.165, 1.54) is 11.8 Å². The van der Waals surface area contributed by atoms with E-state index in [2.05, 4.69) is 15.5 Å². The van der Waals surface area contributed by atoms with Gasteiger partial charge in [-0.3, -0.25) is 9.36 Å². The van der Waals surface area contributed by atoms with Gasteiger partial charge in [0.05, 0.1) is 5.25 Å². The lowest BCUT2D eigenvalue weighted by atomic mass is 10.4. The number of nitrogen functional groups attached to an aromatic ring is 1. The number of hydrogen-bond acceptors (Lipinski definition) is 6. The van der Waals surface area contributed by atoms with Gasteiger partial charge in [-0.25, -0.2) is 0 Å². The predicted octanol–water partition coefficient (Wildman–Crippen LogP) is 1.07. The van der Waals surface area contributed by atoms with E-state index in [0.29, 0.717) is 24.3 Å². The lowest BCUT2D eigenvalue weighted by Gasteiger charge is -2.14. The number of ether oxygens (including phenoxy) is 1. The maximum atomic E-state index is 11.9. The number of rotatable bonds is 8. The molecule has 0 aromatic carbocycles. The number of carbonyl (C=O) groups is 1. The number of carbonyl (C=O) groups excluding carboxylic acids is 1. The number of nitrogens with two attached hydrogens (primary N) is 1. The highest BCUT2D eigenvalue weighted by Gasteiger charge is 2.20. The first kappa shape index (κ1) is 16.8. The summed E-state index contributed by atoms with van der Waals surface area (Å²) in [5, 5.41) is 11.2. The van der Waals surface area contributed by atoms with Crippen LogP contribution in [-0.2, 0) is 9.53 Å². The van der Waals surface area contributed by atoms with Gasteiger partial charge in [-0.2, -0.15) is 0 Å². The van der Waals surface area contributed by atoms with E-state index in [9.17, 15) is 4.79 Å². The molecule has 1 aromatic heterocycles. The van der Waals surface area contributed by atoms with Gasteiger partial charge in [0.15, 0.2) is 5.16 Å². The number of aromatic nitrogens is 3. The third-order valence-corrected chi connectivity index (χ3v) is 3.74. The van der Waals surface area contributed by atoms with Crippen molar-refractivity contribution in [2.75, 3.05) is 26.0 Å². The molecule has 1 heterocycles. The number of thioether (sulfide) groups is 1. The topological polar surface area (TPSA) is 95.1 Å². The smallest absolute Gasteiger partial charge is 0.233 e. The summed E-state index contributed by atoms with van der Waals surface area (Å²) >= 11 is 1.36. The summed E-state index contributed by atoms with van der Waals surface area (Å²) in [4.78, 5) is 11.9. The number of nitrogens with zero attached hydrogens (tertiary/aromatic N) is 3. The molecule has 1 aromatic rings. The highest BCUT2D eigenvalue weighted by atomic mass is 32.2. The van der Waals surface area contributed by atoms with Crippen molar-refractivity contribution >= 4 is 23.6 Å². The minimum absolute atomic E-state index is 0.0250. The molecule has 0 aliphatic rings. The number of anilines is 1. The van der Waals surface area contributed by atoms with Gasteiger partial charge in [-0.05, 0) is 27.2 Å².